The average molecular weight is 329 g/mol. The monoisotopic (exact) mass is 327 g/mol. The summed E-state index contributed by atoms with van der Waals surface area (Å²) >= 11 is 9.62. The van der Waals surface area contributed by atoms with Gasteiger partial charge in [0.25, 0.3) is 0 Å². The van der Waals surface area contributed by atoms with Gasteiger partial charge >= 0.3 is 0 Å². The molecular formula is C14H12BrClFN. The number of aromatic nitrogens is 1. The summed E-state index contributed by atoms with van der Waals surface area (Å²) in [6.45, 7) is 1.75. The minimum absolute atomic E-state index is 0.0347. The van der Waals surface area contributed by atoms with Gasteiger partial charge in [0.05, 0.1) is 5.02 Å². The van der Waals surface area contributed by atoms with Crippen molar-refractivity contribution in [3.05, 3.63) is 64.2 Å². The van der Waals surface area contributed by atoms with Crippen molar-refractivity contribution in [1.82, 2.24) is 4.98 Å². The summed E-state index contributed by atoms with van der Waals surface area (Å²) < 4.78 is 13.5. The lowest BCUT2D eigenvalue weighted by Crippen LogP contribution is -1.98. The summed E-state index contributed by atoms with van der Waals surface area (Å²) in [6.07, 6.45) is 4.02. The molecule has 1 aromatic heterocycles. The average Bonchev–Trinajstić information content (AvgIpc) is 2.35. The van der Waals surface area contributed by atoms with E-state index in [-0.39, 0.29) is 10.6 Å². The molecule has 2 aromatic rings. The van der Waals surface area contributed by atoms with Crippen molar-refractivity contribution in [2.45, 2.75) is 18.2 Å². The molecule has 1 aromatic carbocycles. The highest BCUT2D eigenvalue weighted by molar-refractivity contribution is 9.09. The van der Waals surface area contributed by atoms with Gasteiger partial charge in [-0.25, -0.2) is 4.39 Å². The van der Waals surface area contributed by atoms with Crippen LogP contribution in [-0.4, -0.2) is 4.98 Å². The zero-order chi connectivity index (χ0) is 13.1. The molecule has 0 N–H and O–H groups in total. The number of halogens is 3. The van der Waals surface area contributed by atoms with Gasteiger partial charge in [0.2, 0.25) is 0 Å². The standard InChI is InChI=1S/C14H12BrClFN/c1-9-2-3-10(7-14(9)17)12(15)6-11-4-5-18-8-13(11)16/h2-5,7-8,12H,6H2,1H3. The second kappa shape index (κ2) is 5.81. The van der Waals surface area contributed by atoms with Gasteiger partial charge in [-0.05, 0) is 42.2 Å². The Labute approximate surface area is 119 Å². The molecule has 1 heterocycles. The first-order chi connectivity index (χ1) is 8.58. The minimum Gasteiger partial charge on any atom is -0.263 e. The molecule has 0 saturated carbocycles. The molecule has 0 fully saturated rings. The first-order valence-electron chi connectivity index (χ1n) is 5.56. The Bertz CT molecular complexity index is 559. The van der Waals surface area contributed by atoms with Crippen LogP contribution in [0.2, 0.25) is 5.02 Å². The van der Waals surface area contributed by atoms with E-state index in [1.807, 2.05) is 12.1 Å². The van der Waals surface area contributed by atoms with Crippen LogP contribution in [0.4, 0.5) is 4.39 Å². The Kier molecular flexibility index (Phi) is 4.36. The maximum absolute atomic E-state index is 13.5. The molecule has 1 unspecified atom stereocenters. The lowest BCUT2D eigenvalue weighted by atomic mass is 10.0. The van der Waals surface area contributed by atoms with E-state index in [0.717, 1.165) is 11.1 Å². The number of benzene rings is 1. The summed E-state index contributed by atoms with van der Waals surface area (Å²) in [5.41, 5.74) is 2.56. The summed E-state index contributed by atoms with van der Waals surface area (Å²) in [4.78, 5) is 3.98. The molecule has 0 spiro atoms. The van der Waals surface area contributed by atoms with Crippen LogP contribution < -0.4 is 0 Å². The van der Waals surface area contributed by atoms with Gasteiger partial charge in [0, 0.05) is 17.2 Å². The summed E-state index contributed by atoms with van der Waals surface area (Å²) in [5, 5.41) is 0.634. The summed E-state index contributed by atoms with van der Waals surface area (Å²) in [7, 11) is 0. The number of aryl methyl sites for hydroxylation is 1. The van der Waals surface area contributed by atoms with E-state index in [0.29, 0.717) is 17.0 Å². The number of pyridine rings is 1. The van der Waals surface area contributed by atoms with Crippen molar-refractivity contribution in [3.63, 3.8) is 0 Å². The number of nitrogens with zero attached hydrogens (tertiary/aromatic N) is 1. The first-order valence-corrected chi connectivity index (χ1v) is 6.86. The Balaban J connectivity index is 2.19. The third-order valence-electron chi connectivity index (χ3n) is 2.81. The predicted octanol–water partition coefficient (Wildman–Crippen LogP) is 4.86. The van der Waals surface area contributed by atoms with Gasteiger partial charge in [-0.3, -0.25) is 4.98 Å². The third kappa shape index (κ3) is 3.09. The van der Waals surface area contributed by atoms with E-state index >= 15 is 0 Å². The van der Waals surface area contributed by atoms with E-state index < -0.39 is 0 Å². The second-order valence-electron chi connectivity index (χ2n) is 4.15. The second-order valence-corrected chi connectivity index (χ2v) is 5.66. The molecule has 0 bridgehead atoms. The van der Waals surface area contributed by atoms with Crippen molar-refractivity contribution in [3.8, 4) is 0 Å². The molecule has 1 atom stereocenters. The molecular weight excluding hydrogens is 317 g/mol. The smallest absolute Gasteiger partial charge is 0.126 e. The van der Waals surface area contributed by atoms with E-state index in [1.54, 1.807) is 31.5 Å². The topological polar surface area (TPSA) is 12.9 Å². The van der Waals surface area contributed by atoms with E-state index in [4.69, 9.17) is 11.6 Å². The maximum atomic E-state index is 13.5. The first kappa shape index (κ1) is 13.5. The fraction of sp³-hybridized carbons (Fsp3) is 0.214. The van der Waals surface area contributed by atoms with Crippen LogP contribution in [0.1, 0.15) is 21.5 Å². The number of hydrogen-bond donors (Lipinski definition) is 0. The van der Waals surface area contributed by atoms with Crippen LogP contribution in [0.5, 0.6) is 0 Å². The molecule has 0 saturated heterocycles. The van der Waals surface area contributed by atoms with Crippen LogP contribution in [0, 0.1) is 12.7 Å². The fourth-order valence-electron chi connectivity index (χ4n) is 1.68. The maximum Gasteiger partial charge on any atom is 0.126 e. The van der Waals surface area contributed by atoms with Gasteiger partial charge < -0.3 is 0 Å². The largest absolute Gasteiger partial charge is 0.263 e. The summed E-state index contributed by atoms with van der Waals surface area (Å²) in [5.74, 6) is -0.183. The highest BCUT2D eigenvalue weighted by atomic mass is 79.9. The van der Waals surface area contributed by atoms with Crippen LogP contribution in [0.3, 0.4) is 0 Å². The Morgan fingerprint density at radius 3 is 2.83 bits per heavy atom. The molecule has 1 nitrogen and oxygen atoms in total. The van der Waals surface area contributed by atoms with E-state index in [1.165, 1.54) is 0 Å². The SMILES string of the molecule is Cc1ccc(C(Br)Cc2ccncc2Cl)cc1F. The van der Waals surface area contributed by atoms with Gasteiger partial charge in [0.1, 0.15) is 5.82 Å². The third-order valence-corrected chi connectivity index (χ3v) is 4.01. The molecule has 0 amide bonds. The number of alkyl halides is 1. The van der Waals surface area contributed by atoms with Crippen molar-refractivity contribution in [1.29, 1.82) is 0 Å². The number of hydrogen-bond acceptors (Lipinski definition) is 1. The quantitative estimate of drug-likeness (QED) is 0.733. The Hall–Kier alpha value is -0.930. The number of rotatable bonds is 3. The van der Waals surface area contributed by atoms with Crippen LogP contribution in [0.15, 0.2) is 36.7 Å². The molecule has 0 aliphatic carbocycles. The lowest BCUT2D eigenvalue weighted by molar-refractivity contribution is 0.615. The highest BCUT2D eigenvalue weighted by Crippen LogP contribution is 2.30. The predicted molar refractivity (Wildman–Crippen MR) is 75.8 cm³/mol. The molecule has 2 rings (SSSR count). The summed E-state index contributed by atoms with van der Waals surface area (Å²) in [6, 6.07) is 7.14. The molecule has 4 heteroatoms. The minimum atomic E-state index is -0.183. The normalized spacial score (nSPS) is 12.4. The van der Waals surface area contributed by atoms with Crippen LogP contribution >= 0.6 is 27.5 Å². The van der Waals surface area contributed by atoms with Crippen LogP contribution in [0.25, 0.3) is 0 Å². The molecule has 94 valence electrons. The molecule has 18 heavy (non-hydrogen) atoms. The Morgan fingerprint density at radius 1 is 1.39 bits per heavy atom. The zero-order valence-electron chi connectivity index (χ0n) is 9.83. The zero-order valence-corrected chi connectivity index (χ0v) is 12.2. The van der Waals surface area contributed by atoms with Gasteiger partial charge in [-0.2, -0.15) is 0 Å². The molecule has 0 aliphatic rings. The van der Waals surface area contributed by atoms with Gasteiger partial charge in [-0.1, -0.05) is 39.7 Å². The van der Waals surface area contributed by atoms with E-state index in [2.05, 4.69) is 20.9 Å². The molecule has 0 radical (unpaired) electrons. The fourth-order valence-corrected chi connectivity index (χ4v) is 2.51. The van der Waals surface area contributed by atoms with Crippen molar-refractivity contribution >= 4 is 27.5 Å². The van der Waals surface area contributed by atoms with E-state index in [9.17, 15) is 4.39 Å². The highest BCUT2D eigenvalue weighted by Gasteiger charge is 2.12. The van der Waals surface area contributed by atoms with Gasteiger partial charge in [0.15, 0.2) is 0 Å². The van der Waals surface area contributed by atoms with Crippen molar-refractivity contribution in [2.75, 3.05) is 0 Å². The van der Waals surface area contributed by atoms with Crippen LogP contribution in [-0.2, 0) is 6.42 Å². The van der Waals surface area contributed by atoms with Crippen molar-refractivity contribution < 1.29 is 4.39 Å². The lowest BCUT2D eigenvalue weighted by Gasteiger charge is -2.12. The van der Waals surface area contributed by atoms with Gasteiger partial charge in [-0.15, -0.1) is 0 Å². The molecule has 0 aliphatic heterocycles. The van der Waals surface area contributed by atoms with Crippen molar-refractivity contribution in [2.24, 2.45) is 0 Å². The Morgan fingerprint density at radius 2 is 2.17 bits per heavy atom.